The zero-order chi connectivity index (χ0) is 9.73. The van der Waals surface area contributed by atoms with Crippen molar-refractivity contribution in [1.29, 1.82) is 0 Å². The van der Waals surface area contributed by atoms with Gasteiger partial charge in [0.1, 0.15) is 0 Å². The second-order valence-electron chi connectivity index (χ2n) is 2.85. The van der Waals surface area contributed by atoms with Gasteiger partial charge in [-0.1, -0.05) is 0 Å². The van der Waals surface area contributed by atoms with Gasteiger partial charge in [-0.15, -0.1) is 0 Å². The van der Waals surface area contributed by atoms with Gasteiger partial charge in [0.25, 0.3) is 0 Å². The van der Waals surface area contributed by atoms with Crippen molar-refractivity contribution in [3.8, 4) is 5.75 Å². The molecule has 1 nitrogen and oxygen atoms in total. The molecule has 72 valence electrons. The third-order valence-corrected chi connectivity index (χ3v) is 8.17. The van der Waals surface area contributed by atoms with E-state index in [1.807, 2.05) is 30.3 Å². The van der Waals surface area contributed by atoms with Gasteiger partial charge >= 0.3 is 87.6 Å². The van der Waals surface area contributed by atoms with E-state index in [1.54, 1.807) is 0 Å². The summed E-state index contributed by atoms with van der Waals surface area (Å²) in [6.45, 7) is 4.35. The van der Waals surface area contributed by atoms with Crippen molar-refractivity contribution >= 4 is 20.8 Å². The molecule has 1 aromatic rings. The van der Waals surface area contributed by atoms with Crippen molar-refractivity contribution < 1.29 is 4.52 Å². The summed E-state index contributed by atoms with van der Waals surface area (Å²) in [6, 6.07) is 10.0. The number of hydrogen-bond donors (Lipinski definition) is 0. The first kappa shape index (κ1) is 11.0. The maximum atomic E-state index is 5.96. The Balaban J connectivity index is 2.74. The third-order valence-electron chi connectivity index (χ3n) is 1.98. The Morgan fingerprint density at radius 3 is 2.15 bits per heavy atom. The summed E-state index contributed by atoms with van der Waals surface area (Å²) in [5, 5.41) is 0. The Hall–Kier alpha value is -0.0305. The number of para-hydroxylation sites is 1. The first-order valence-corrected chi connectivity index (χ1v) is 8.82. The molecule has 0 aromatic heterocycles. The SMILES string of the molecule is CCP(=[Se])(CC)Oc1ccccc1. The summed E-state index contributed by atoms with van der Waals surface area (Å²) in [5.41, 5.74) is -1.28. The van der Waals surface area contributed by atoms with E-state index in [0.717, 1.165) is 18.1 Å². The molecule has 1 rings (SSSR count). The molecule has 0 aliphatic rings. The van der Waals surface area contributed by atoms with Crippen LogP contribution in [0, 0.1) is 0 Å². The zero-order valence-electron chi connectivity index (χ0n) is 8.06. The van der Waals surface area contributed by atoms with Gasteiger partial charge in [0.2, 0.25) is 0 Å². The molecule has 0 saturated carbocycles. The molecule has 0 radical (unpaired) electrons. The van der Waals surface area contributed by atoms with Gasteiger partial charge in [-0.25, -0.2) is 0 Å². The first-order chi connectivity index (χ1) is 6.20. The minimum absolute atomic E-state index is 0.985. The summed E-state index contributed by atoms with van der Waals surface area (Å²) in [5.74, 6) is 0.985. The van der Waals surface area contributed by atoms with E-state index in [2.05, 4.69) is 28.9 Å². The fraction of sp³-hybridized carbons (Fsp3) is 0.400. The van der Waals surface area contributed by atoms with Crippen molar-refractivity contribution in [3.05, 3.63) is 30.3 Å². The van der Waals surface area contributed by atoms with E-state index in [-0.39, 0.29) is 0 Å². The molecule has 0 bridgehead atoms. The summed E-state index contributed by atoms with van der Waals surface area (Å²) in [7, 11) is 0. The fourth-order valence-corrected chi connectivity index (χ4v) is 2.78. The monoisotopic (exact) mass is 262 g/mol. The van der Waals surface area contributed by atoms with Crippen LogP contribution in [0.25, 0.3) is 0 Å². The van der Waals surface area contributed by atoms with E-state index in [0.29, 0.717) is 0 Å². The number of hydrogen-bond acceptors (Lipinski definition) is 1. The second kappa shape index (κ2) is 5.00. The zero-order valence-corrected chi connectivity index (χ0v) is 10.7. The first-order valence-electron chi connectivity index (χ1n) is 4.53. The van der Waals surface area contributed by atoms with Crippen LogP contribution in [0.2, 0.25) is 0 Å². The second-order valence-corrected chi connectivity index (χ2v) is 10.1. The van der Waals surface area contributed by atoms with Gasteiger partial charge < -0.3 is 0 Å². The summed E-state index contributed by atoms with van der Waals surface area (Å²) >= 11 is 3.23. The van der Waals surface area contributed by atoms with Crippen LogP contribution < -0.4 is 4.52 Å². The topological polar surface area (TPSA) is 9.23 Å². The average molecular weight is 261 g/mol. The predicted octanol–water partition coefficient (Wildman–Crippen LogP) is 3.12. The van der Waals surface area contributed by atoms with Gasteiger partial charge in [-0.3, -0.25) is 0 Å². The Bertz CT molecular complexity index is 289. The van der Waals surface area contributed by atoms with Crippen molar-refractivity contribution in [2.24, 2.45) is 0 Å². The minimum atomic E-state index is -1.28. The van der Waals surface area contributed by atoms with Crippen LogP contribution in [-0.2, 0) is 0 Å². The van der Waals surface area contributed by atoms with Crippen LogP contribution in [-0.4, -0.2) is 27.4 Å². The quantitative estimate of drug-likeness (QED) is 0.597. The Morgan fingerprint density at radius 2 is 1.69 bits per heavy atom. The maximum absolute atomic E-state index is 5.96. The van der Waals surface area contributed by atoms with Gasteiger partial charge in [0, 0.05) is 0 Å². The molecule has 0 aliphatic heterocycles. The molecule has 13 heavy (non-hydrogen) atoms. The van der Waals surface area contributed by atoms with Crippen LogP contribution in [0.15, 0.2) is 30.3 Å². The van der Waals surface area contributed by atoms with Crippen molar-refractivity contribution in [2.45, 2.75) is 13.8 Å². The Morgan fingerprint density at radius 1 is 1.15 bits per heavy atom. The number of benzene rings is 1. The molecular formula is C10H15OPSe. The molecule has 0 amide bonds. The van der Waals surface area contributed by atoms with E-state index in [1.165, 1.54) is 0 Å². The van der Waals surface area contributed by atoms with Crippen molar-refractivity contribution in [2.75, 3.05) is 12.3 Å². The molecule has 3 heteroatoms. The van der Waals surface area contributed by atoms with E-state index >= 15 is 0 Å². The molecule has 0 spiro atoms. The van der Waals surface area contributed by atoms with Gasteiger partial charge in [0.05, 0.1) is 0 Å². The molecule has 0 unspecified atom stereocenters. The summed E-state index contributed by atoms with van der Waals surface area (Å²) in [4.78, 5) is 0. The van der Waals surface area contributed by atoms with E-state index in [9.17, 15) is 0 Å². The molecule has 0 atom stereocenters. The summed E-state index contributed by atoms with van der Waals surface area (Å²) in [6.07, 6.45) is 2.19. The fourth-order valence-electron chi connectivity index (χ4n) is 1.03. The van der Waals surface area contributed by atoms with Crippen LogP contribution >= 0.6 is 5.74 Å². The van der Waals surface area contributed by atoms with Crippen molar-refractivity contribution in [1.82, 2.24) is 0 Å². The van der Waals surface area contributed by atoms with E-state index in [4.69, 9.17) is 4.52 Å². The molecule has 0 fully saturated rings. The normalized spacial score (nSPS) is 11.2. The van der Waals surface area contributed by atoms with Crippen LogP contribution in [0.1, 0.15) is 13.8 Å². The van der Waals surface area contributed by atoms with Crippen LogP contribution in [0.4, 0.5) is 0 Å². The van der Waals surface area contributed by atoms with Crippen LogP contribution in [0.5, 0.6) is 5.75 Å². The molecule has 0 N–H and O–H groups in total. The predicted molar refractivity (Wildman–Crippen MR) is 60.8 cm³/mol. The van der Waals surface area contributed by atoms with Gasteiger partial charge in [0.15, 0.2) is 0 Å². The van der Waals surface area contributed by atoms with Crippen molar-refractivity contribution in [3.63, 3.8) is 0 Å². The average Bonchev–Trinajstić information content (AvgIpc) is 2.19. The third kappa shape index (κ3) is 3.31. The molecule has 0 aliphatic carbocycles. The summed E-state index contributed by atoms with van der Waals surface area (Å²) < 4.78 is 5.96. The van der Waals surface area contributed by atoms with Crippen LogP contribution in [0.3, 0.4) is 0 Å². The van der Waals surface area contributed by atoms with Gasteiger partial charge in [-0.2, -0.15) is 0 Å². The van der Waals surface area contributed by atoms with Gasteiger partial charge in [-0.05, 0) is 0 Å². The standard InChI is InChI=1S/C10H15OPSe/c1-3-12(13,4-2)11-10-8-6-5-7-9-10/h5-9H,3-4H2,1-2H3. The Kier molecular flexibility index (Phi) is 4.25. The molecule has 0 saturated heterocycles. The molecule has 1 aromatic carbocycles. The van der Waals surface area contributed by atoms with E-state index < -0.39 is 5.74 Å². The molecule has 0 heterocycles. The number of rotatable bonds is 4. The molecular weight excluding hydrogens is 246 g/mol. The Labute approximate surface area is 87.8 Å².